The topological polar surface area (TPSA) is 47.0 Å². The van der Waals surface area contributed by atoms with Crippen LogP contribution in [-0.2, 0) is 4.74 Å². The van der Waals surface area contributed by atoms with E-state index in [2.05, 4.69) is 31.2 Å². The molecule has 4 nitrogen and oxygen atoms in total. The zero-order valence-corrected chi connectivity index (χ0v) is 10.4. The number of halogens is 1. The van der Waals surface area contributed by atoms with Gasteiger partial charge in [-0.25, -0.2) is 9.97 Å². The molecular formula is C10H14BrN3O. The quantitative estimate of drug-likeness (QED) is 0.856. The van der Waals surface area contributed by atoms with Gasteiger partial charge >= 0.3 is 0 Å². The van der Waals surface area contributed by atoms with Crippen LogP contribution in [0.1, 0.15) is 18.7 Å². The largest absolute Gasteiger partial charge is 0.381 e. The molecule has 2 rings (SSSR count). The summed E-state index contributed by atoms with van der Waals surface area (Å²) in [5.74, 6) is 1.66. The molecule has 0 aliphatic heterocycles. The van der Waals surface area contributed by atoms with Crippen molar-refractivity contribution in [2.24, 2.45) is 0 Å². The lowest BCUT2D eigenvalue weighted by Crippen LogP contribution is -2.40. The van der Waals surface area contributed by atoms with E-state index in [1.807, 2.05) is 13.0 Å². The summed E-state index contributed by atoms with van der Waals surface area (Å²) in [5.41, 5.74) is 0. The Balaban J connectivity index is 1.94. The molecule has 0 radical (unpaired) electrons. The molecule has 1 fully saturated rings. The lowest BCUT2D eigenvalue weighted by atomic mass is 9.89. The second kappa shape index (κ2) is 4.45. The van der Waals surface area contributed by atoms with E-state index in [-0.39, 0.29) is 0 Å². The van der Waals surface area contributed by atoms with Crippen molar-refractivity contribution in [3.63, 3.8) is 0 Å². The molecule has 1 aromatic rings. The number of nitrogens with zero attached hydrogens (tertiary/aromatic N) is 2. The van der Waals surface area contributed by atoms with Crippen molar-refractivity contribution in [3.05, 3.63) is 16.5 Å². The molecule has 1 saturated carbocycles. The van der Waals surface area contributed by atoms with Gasteiger partial charge in [-0.3, -0.25) is 0 Å². The van der Waals surface area contributed by atoms with Crippen LogP contribution in [0.2, 0.25) is 0 Å². The number of methoxy groups -OCH3 is 1. The van der Waals surface area contributed by atoms with Crippen molar-refractivity contribution in [1.29, 1.82) is 0 Å². The summed E-state index contributed by atoms with van der Waals surface area (Å²) in [4.78, 5) is 8.47. The lowest BCUT2D eigenvalue weighted by Gasteiger charge is -2.34. The van der Waals surface area contributed by atoms with Crippen molar-refractivity contribution >= 4 is 21.7 Å². The Bertz CT molecular complexity index is 332. The fourth-order valence-corrected chi connectivity index (χ4v) is 2.16. The van der Waals surface area contributed by atoms with E-state index < -0.39 is 0 Å². The van der Waals surface area contributed by atoms with Gasteiger partial charge in [0.15, 0.2) is 0 Å². The molecule has 0 amide bonds. The SMILES string of the molecule is COC1CC(Nc2cc(Br)nc(C)n2)C1. The Morgan fingerprint density at radius 2 is 2.20 bits per heavy atom. The summed E-state index contributed by atoms with van der Waals surface area (Å²) in [7, 11) is 1.76. The van der Waals surface area contributed by atoms with Crippen LogP contribution < -0.4 is 5.32 Å². The minimum absolute atomic E-state index is 0.411. The highest BCUT2D eigenvalue weighted by Crippen LogP contribution is 2.26. The van der Waals surface area contributed by atoms with Gasteiger partial charge in [-0.2, -0.15) is 0 Å². The van der Waals surface area contributed by atoms with Crippen LogP contribution in [0, 0.1) is 6.92 Å². The summed E-state index contributed by atoms with van der Waals surface area (Å²) >= 11 is 3.35. The predicted octanol–water partition coefficient (Wildman–Crippen LogP) is 2.14. The Morgan fingerprint density at radius 1 is 1.47 bits per heavy atom. The highest BCUT2D eigenvalue weighted by atomic mass is 79.9. The van der Waals surface area contributed by atoms with Crippen LogP contribution in [-0.4, -0.2) is 29.2 Å². The van der Waals surface area contributed by atoms with Crippen LogP contribution in [0.5, 0.6) is 0 Å². The maximum Gasteiger partial charge on any atom is 0.131 e. The first-order valence-corrected chi connectivity index (χ1v) is 5.77. The van der Waals surface area contributed by atoms with Crippen LogP contribution in [0.25, 0.3) is 0 Å². The molecule has 1 aliphatic rings. The molecule has 0 atom stereocenters. The summed E-state index contributed by atoms with van der Waals surface area (Å²) in [6.45, 7) is 1.88. The van der Waals surface area contributed by atoms with Crippen molar-refractivity contribution in [2.75, 3.05) is 12.4 Å². The number of rotatable bonds is 3. The molecule has 0 unspecified atom stereocenters. The van der Waals surface area contributed by atoms with Gasteiger partial charge < -0.3 is 10.1 Å². The minimum Gasteiger partial charge on any atom is -0.381 e. The van der Waals surface area contributed by atoms with E-state index in [0.717, 1.165) is 29.1 Å². The van der Waals surface area contributed by atoms with Gasteiger partial charge in [-0.1, -0.05) is 0 Å². The van der Waals surface area contributed by atoms with Crippen molar-refractivity contribution in [1.82, 2.24) is 9.97 Å². The van der Waals surface area contributed by atoms with Gasteiger partial charge in [-0.05, 0) is 35.7 Å². The van der Waals surface area contributed by atoms with Crippen LogP contribution in [0.15, 0.2) is 10.7 Å². The Labute approximate surface area is 97.6 Å². The predicted molar refractivity (Wildman–Crippen MR) is 61.9 cm³/mol. The fraction of sp³-hybridized carbons (Fsp3) is 0.600. The maximum atomic E-state index is 5.22. The van der Waals surface area contributed by atoms with Gasteiger partial charge in [0.2, 0.25) is 0 Å². The van der Waals surface area contributed by atoms with E-state index in [9.17, 15) is 0 Å². The molecule has 0 bridgehead atoms. The molecule has 15 heavy (non-hydrogen) atoms. The van der Waals surface area contributed by atoms with Gasteiger partial charge in [0.05, 0.1) is 6.10 Å². The fourth-order valence-electron chi connectivity index (χ4n) is 1.69. The molecule has 5 heteroatoms. The van der Waals surface area contributed by atoms with E-state index in [1.54, 1.807) is 7.11 Å². The molecule has 1 heterocycles. The van der Waals surface area contributed by atoms with Gasteiger partial charge in [0.25, 0.3) is 0 Å². The number of aryl methyl sites for hydroxylation is 1. The van der Waals surface area contributed by atoms with E-state index in [0.29, 0.717) is 12.1 Å². The standard InChI is InChI=1S/C10H14BrN3O/c1-6-12-9(11)5-10(13-6)14-7-3-8(4-7)15-2/h5,7-8H,3-4H2,1-2H3,(H,12,13,14). The summed E-state index contributed by atoms with van der Waals surface area (Å²) in [6.07, 6.45) is 2.52. The first-order chi connectivity index (χ1) is 7.17. The number of anilines is 1. The highest BCUT2D eigenvalue weighted by molar-refractivity contribution is 9.10. The van der Waals surface area contributed by atoms with Gasteiger partial charge in [0, 0.05) is 19.2 Å². The first kappa shape index (κ1) is 10.8. The van der Waals surface area contributed by atoms with Gasteiger partial charge in [-0.15, -0.1) is 0 Å². The Hall–Kier alpha value is -0.680. The molecule has 0 saturated heterocycles. The van der Waals surface area contributed by atoms with Crippen LogP contribution in [0.4, 0.5) is 5.82 Å². The van der Waals surface area contributed by atoms with E-state index >= 15 is 0 Å². The molecule has 1 N–H and O–H groups in total. The summed E-state index contributed by atoms with van der Waals surface area (Å²) in [6, 6.07) is 2.38. The zero-order valence-electron chi connectivity index (χ0n) is 8.83. The second-order valence-electron chi connectivity index (χ2n) is 3.79. The number of ether oxygens (including phenoxy) is 1. The second-order valence-corrected chi connectivity index (χ2v) is 4.61. The van der Waals surface area contributed by atoms with Crippen molar-refractivity contribution < 1.29 is 4.74 Å². The van der Waals surface area contributed by atoms with E-state index in [4.69, 9.17) is 4.74 Å². The number of aromatic nitrogens is 2. The van der Waals surface area contributed by atoms with Crippen LogP contribution >= 0.6 is 15.9 Å². The average molecular weight is 272 g/mol. The highest BCUT2D eigenvalue weighted by Gasteiger charge is 2.29. The third-order valence-electron chi connectivity index (χ3n) is 2.59. The summed E-state index contributed by atoms with van der Waals surface area (Å²) in [5, 5.41) is 3.36. The van der Waals surface area contributed by atoms with Crippen molar-refractivity contribution in [2.45, 2.75) is 31.9 Å². The monoisotopic (exact) mass is 271 g/mol. The van der Waals surface area contributed by atoms with Gasteiger partial charge in [0.1, 0.15) is 16.2 Å². The average Bonchev–Trinajstić information content (AvgIpc) is 2.08. The van der Waals surface area contributed by atoms with Crippen LogP contribution in [0.3, 0.4) is 0 Å². The molecule has 82 valence electrons. The van der Waals surface area contributed by atoms with Crippen molar-refractivity contribution in [3.8, 4) is 0 Å². The maximum absolute atomic E-state index is 5.22. The Kier molecular flexibility index (Phi) is 3.21. The molecule has 0 aromatic carbocycles. The molecule has 1 aromatic heterocycles. The Morgan fingerprint density at radius 3 is 2.80 bits per heavy atom. The third kappa shape index (κ3) is 2.66. The van der Waals surface area contributed by atoms with E-state index in [1.165, 1.54) is 0 Å². The smallest absolute Gasteiger partial charge is 0.131 e. The molecular weight excluding hydrogens is 258 g/mol. The number of hydrogen-bond acceptors (Lipinski definition) is 4. The third-order valence-corrected chi connectivity index (χ3v) is 2.99. The molecule has 0 spiro atoms. The number of nitrogens with one attached hydrogen (secondary N) is 1. The normalized spacial score (nSPS) is 24.7. The lowest BCUT2D eigenvalue weighted by molar-refractivity contribution is 0.0328. The summed E-state index contributed by atoms with van der Waals surface area (Å²) < 4.78 is 6.04. The number of hydrogen-bond donors (Lipinski definition) is 1. The molecule has 1 aliphatic carbocycles. The first-order valence-electron chi connectivity index (χ1n) is 4.98. The minimum atomic E-state index is 0.411. The zero-order chi connectivity index (χ0) is 10.8.